The van der Waals surface area contributed by atoms with Crippen LogP contribution in [0.1, 0.15) is 24.1 Å². The number of hydrogen-bond donors (Lipinski definition) is 7. The van der Waals surface area contributed by atoms with Crippen LogP contribution in [0.15, 0.2) is 42.9 Å². The summed E-state index contributed by atoms with van der Waals surface area (Å²) >= 11 is 1.50. The summed E-state index contributed by atoms with van der Waals surface area (Å²) in [5, 5.41) is 17.0. The number of nitrogens with two attached hydrogens (primary N) is 2. The highest BCUT2D eigenvalue weighted by Crippen LogP contribution is 2.07. The SMILES string of the molecule is CSCCC(N)C(=O)NC(CC(N)=O)C(=O)NC(Cc1ccccc1)C(=O)NC(Cc1cnc[nH]1)C(=O)O. The Hall–Kier alpha value is -3.91. The molecule has 0 radical (unpaired) electrons. The van der Waals surface area contributed by atoms with E-state index in [0.29, 0.717) is 23.4 Å². The predicted octanol–water partition coefficient (Wildman–Crippen LogP) is -1.31. The maximum absolute atomic E-state index is 13.2. The molecule has 1 aromatic heterocycles. The molecule has 0 bridgehead atoms. The van der Waals surface area contributed by atoms with E-state index in [0.717, 1.165) is 0 Å². The van der Waals surface area contributed by atoms with Crippen LogP contribution in [0.3, 0.4) is 0 Å². The monoisotopic (exact) mass is 547 g/mol. The molecule has 0 aliphatic heterocycles. The van der Waals surface area contributed by atoms with Gasteiger partial charge in [-0.3, -0.25) is 19.2 Å². The van der Waals surface area contributed by atoms with E-state index >= 15 is 0 Å². The van der Waals surface area contributed by atoms with E-state index < -0.39 is 60.2 Å². The van der Waals surface area contributed by atoms with Crippen LogP contribution in [0, 0.1) is 0 Å². The molecule has 13 nitrogen and oxygen atoms in total. The number of thioether (sulfide) groups is 1. The van der Waals surface area contributed by atoms with Gasteiger partial charge in [0.25, 0.3) is 0 Å². The van der Waals surface area contributed by atoms with Gasteiger partial charge in [0.1, 0.15) is 18.1 Å². The summed E-state index contributed by atoms with van der Waals surface area (Å²) in [6, 6.07) is 3.91. The number of nitrogens with zero attached hydrogens (tertiary/aromatic N) is 1. The van der Waals surface area contributed by atoms with Gasteiger partial charge in [-0.25, -0.2) is 9.78 Å². The molecule has 0 fully saturated rings. The van der Waals surface area contributed by atoms with Crippen molar-refractivity contribution >= 4 is 41.4 Å². The van der Waals surface area contributed by atoms with Gasteiger partial charge in [-0.15, -0.1) is 0 Å². The third kappa shape index (κ3) is 10.2. The summed E-state index contributed by atoms with van der Waals surface area (Å²) in [7, 11) is 0. The summed E-state index contributed by atoms with van der Waals surface area (Å²) in [6.45, 7) is 0. The maximum Gasteiger partial charge on any atom is 0.326 e. The van der Waals surface area contributed by atoms with Crippen molar-refractivity contribution in [3.63, 3.8) is 0 Å². The summed E-state index contributed by atoms with van der Waals surface area (Å²) in [4.78, 5) is 68.9. The molecule has 1 heterocycles. The van der Waals surface area contributed by atoms with Crippen LogP contribution < -0.4 is 27.4 Å². The standard InChI is InChI=1S/C24H33N7O6S/c1-38-8-7-16(25)21(33)29-18(11-20(26)32)23(35)30-17(9-14-5-3-2-4-6-14)22(34)31-19(24(36)37)10-15-12-27-13-28-15/h2-6,12-13,16-19H,7-11,25H2,1H3,(H2,26,32)(H,27,28)(H,29,33)(H,30,35)(H,31,34)(H,36,37). The molecule has 0 aliphatic carbocycles. The highest BCUT2D eigenvalue weighted by molar-refractivity contribution is 7.98. The van der Waals surface area contributed by atoms with Crippen molar-refractivity contribution in [2.45, 2.75) is 49.9 Å². The minimum Gasteiger partial charge on any atom is -0.480 e. The molecule has 4 unspecified atom stereocenters. The van der Waals surface area contributed by atoms with Crippen molar-refractivity contribution in [2.75, 3.05) is 12.0 Å². The summed E-state index contributed by atoms with van der Waals surface area (Å²) in [6.07, 6.45) is 4.45. The Kier molecular flexibility index (Phi) is 12.3. The maximum atomic E-state index is 13.2. The Morgan fingerprint density at radius 1 is 0.974 bits per heavy atom. The lowest BCUT2D eigenvalue weighted by molar-refractivity contribution is -0.142. The Morgan fingerprint density at radius 3 is 2.18 bits per heavy atom. The molecule has 0 spiro atoms. The number of carboxylic acids is 1. The lowest BCUT2D eigenvalue weighted by atomic mass is 10.0. The van der Waals surface area contributed by atoms with Gasteiger partial charge in [0, 0.05) is 24.7 Å². The quantitative estimate of drug-likeness (QED) is 0.132. The third-order valence-corrected chi connectivity index (χ3v) is 6.16. The minimum absolute atomic E-state index is 0.0132. The Labute approximate surface area is 223 Å². The minimum atomic E-state index is -1.38. The van der Waals surface area contributed by atoms with Crippen molar-refractivity contribution in [3.05, 3.63) is 54.1 Å². The van der Waals surface area contributed by atoms with Crippen molar-refractivity contribution in [1.82, 2.24) is 25.9 Å². The fourth-order valence-electron chi connectivity index (χ4n) is 3.49. The second-order valence-corrected chi connectivity index (χ2v) is 9.54. The summed E-state index contributed by atoms with van der Waals surface area (Å²) in [5.41, 5.74) is 12.3. The largest absolute Gasteiger partial charge is 0.480 e. The van der Waals surface area contributed by atoms with Crippen molar-refractivity contribution in [1.29, 1.82) is 0 Å². The van der Waals surface area contributed by atoms with Gasteiger partial charge in [0.2, 0.25) is 23.6 Å². The number of carbonyl (C=O) groups excluding carboxylic acids is 4. The molecule has 2 rings (SSSR count). The van der Waals surface area contributed by atoms with E-state index in [1.165, 1.54) is 24.3 Å². The summed E-state index contributed by atoms with van der Waals surface area (Å²) in [5.74, 6) is -3.77. The zero-order chi connectivity index (χ0) is 28.1. The highest BCUT2D eigenvalue weighted by atomic mass is 32.2. The first-order valence-electron chi connectivity index (χ1n) is 11.8. The molecule has 0 saturated carbocycles. The number of hydrogen-bond acceptors (Lipinski definition) is 8. The Bertz CT molecular complexity index is 1080. The van der Waals surface area contributed by atoms with Crippen LogP contribution in [-0.2, 0) is 36.8 Å². The van der Waals surface area contributed by atoms with Gasteiger partial charge in [0.15, 0.2) is 0 Å². The number of aromatic nitrogens is 2. The Balaban J connectivity index is 2.21. The number of rotatable bonds is 16. The van der Waals surface area contributed by atoms with Crippen molar-refractivity contribution < 1.29 is 29.1 Å². The number of imidazole rings is 1. The second kappa shape index (κ2) is 15.4. The number of amides is 4. The van der Waals surface area contributed by atoms with Crippen molar-refractivity contribution in [2.24, 2.45) is 11.5 Å². The molecule has 2 aromatic rings. The number of carboxylic acid groups (broad SMARTS) is 1. The first-order chi connectivity index (χ1) is 18.1. The van der Waals surface area contributed by atoms with Crippen LogP contribution in [0.5, 0.6) is 0 Å². The van der Waals surface area contributed by atoms with Gasteiger partial charge in [-0.05, 0) is 24.0 Å². The van der Waals surface area contributed by atoms with Gasteiger partial charge >= 0.3 is 5.97 Å². The highest BCUT2D eigenvalue weighted by Gasteiger charge is 2.31. The van der Waals surface area contributed by atoms with Crippen LogP contribution in [0.4, 0.5) is 0 Å². The molecule has 206 valence electrons. The number of benzene rings is 1. The third-order valence-electron chi connectivity index (χ3n) is 5.52. The van der Waals surface area contributed by atoms with Crippen LogP contribution in [0.2, 0.25) is 0 Å². The molecule has 14 heteroatoms. The second-order valence-electron chi connectivity index (χ2n) is 8.55. The van der Waals surface area contributed by atoms with Gasteiger partial charge in [-0.2, -0.15) is 11.8 Å². The van der Waals surface area contributed by atoms with Gasteiger partial charge < -0.3 is 37.5 Å². The zero-order valence-electron chi connectivity index (χ0n) is 20.9. The van der Waals surface area contributed by atoms with Gasteiger partial charge in [0.05, 0.1) is 18.8 Å². The first-order valence-corrected chi connectivity index (χ1v) is 13.2. The van der Waals surface area contributed by atoms with E-state index in [-0.39, 0.29) is 12.8 Å². The molecule has 4 atom stereocenters. The number of H-pyrrole nitrogens is 1. The van der Waals surface area contributed by atoms with Crippen LogP contribution in [-0.4, -0.2) is 80.8 Å². The molecule has 4 amide bonds. The fraction of sp³-hybridized carbons (Fsp3) is 0.417. The topological polar surface area (TPSA) is 222 Å². The first kappa shape index (κ1) is 30.3. The fourth-order valence-corrected chi connectivity index (χ4v) is 3.97. The molecular weight excluding hydrogens is 514 g/mol. The summed E-state index contributed by atoms with van der Waals surface area (Å²) < 4.78 is 0. The number of aliphatic carboxylic acids is 1. The lowest BCUT2D eigenvalue weighted by Crippen LogP contribution is -2.58. The van der Waals surface area contributed by atoms with Crippen LogP contribution in [0.25, 0.3) is 0 Å². The van der Waals surface area contributed by atoms with Crippen molar-refractivity contribution in [3.8, 4) is 0 Å². The normalized spacial score (nSPS) is 13.9. The van der Waals surface area contributed by atoms with E-state index in [4.69, 9.17) is 11.5 Å². The van der Waals surface area contributed by atoms with E-state index in [1.54, 1.807) is 30.3 Å². The van der Waals surface area contributed by atoms with E-state index in [9.17, 15) is 29.1 Å². The Morgan fingerprint density at radius 2 is 1.61 bits per heavy atom. The number of nitrogens with one attached hydrogen (secondary N) is 4. The zero-order valence-corrected chi connectivity index (χ0v) is 21.7. The van der Waals surface area contributed by atoms with E-state index in [1.807, 2.05) is 6.26 Å². The van der Waals surface area contributed by atoms with Crippen LogP contribution >= 0.6 is 11.8 Å². The number of aromatic amines is 1. The van der Waals surface area contributed by atoms with Gasteiger partial charge in [-0.1, -0.05) is 30.3 Å². The smallest absolute Gasteiger partial charge is 0.326 e. The number of carbonyl (C=O) groups is 5. The molecule has 0 saturated heterocycles. The molecular formula is C24H33N7O6S. The van der Waals surface area contributed by atoms with E-state index in [2.05, 4.69) is 25.9 Å². The molecule has 1 aromatic carbocycles. The average molecular weight is 548 g/mol. The average Bonchev–Trinajstić information content (AvgIpc) is 3.39. The molecule has 38 heavy (non-hydrogen) atoms. The molecule has 9 N–H and O–H groups in total. The predicted molar refractivity (Wildman–Crippen MR) is 141 cm³/mol. The lowest BCUT2D eigenvalue weighted by Gasteiger charge is -2.25. The molecule has 0 aliphatic rings. The number of primary amides is 1.